The molecular formula is C9H13IN2O. The smallest absolute Gasteiger partial charge is 0.141 e. The molecule has 0 unspecified atom stereocenters. The number of hydrogen-bond donors (Lipinski definition) is 1. The number of aromatic nitrogens is 1. The quantitative estimate of drug-likeness (QED) is 0.858. The number of nitrogens with zero attached hydrogens (tertiary/aromatic N) is 2. The maximum Gasteiger partial charge on any atom is 0.141 e. The van der Waals surface area contributed by atoms with Gasteiger partial charge in [0.25, 0.3) is 0 Å². The highest BCUT2D eigenvalue weighted by molar-refractivity contribution is 14.1. The molecule has 0 aliphatic heterocycles. The minimum atomic E-state index is -0.331. The molecule has 1 rings (SSSR count). The van der Waals surface area contributed by atoms with Gasteiger partial charge in [-0.1, -0.05) is 0 Å². The summed E-state index contributed by atoms with van der Waals surface area (Å²) in [5.74, 6) is 0.920. The summed E-state index contributed by atoms with van der Waals surface area (Å²) in [4.78, 5) is 6.19. The third-order valence-electron chi connectivity index (χ3n) is 1.64. The maximum atomic E-state index is 9.20. The average molecular weight is 292 g/mol. The van der Waals surface area contributed by atoms with Crippen molar-refractivity contribution in [3.63, 3.8) is 0 Å². The van der Waals surface area contributed by atoms with Crippen molar-refractivity contribution < 1.29 is 5.11 Å². The molecule has 0 bridgehead atoms. The van der Waals surface area contributed by atoms with E-state index in [1.54, 1.807) is 13.1 Å². The van der Waals surface area contributed by atoms with E-state index < -0.39 is 0 Å². The second kappa shape index (κ2) is 4.76. The van der Waals surface area contributed by atoms with Crippen molar-refractivity contribution in [3.05, 3.63) is 21.9 Å². The Morgan fingerprint density at radius 2 is 2.38 bits per heavy atom. The van der Waals surface area contributed by atoms with Crippen LogP contribution in [0.1, 0.15) is 6.92 Å². The summed E-state index contributed by atoms with van der Waals surface area (Å²) in [6.45, 7) is 2.37. The van der Waals surface area contributed by atoms with Crippen LogP contribution in [0.5, 0.6) is 0 Å². The highest BCUT2D eigenvalue weighted by atomic mass is 127. The number of pyridine rings is 1. The van der Waals surface area contributed by atoms with Crippen molar-refractivity contribution in [1.29, 1.82) is 0 Å². The van der Waals surface area contributed by atoms with Gasteiger partial charge in [0.05, 0.1) is 9.67 Å². The molecule has 1 N–H and O–H groups in total. The fourth-order valence-corrected chi connectivity index (χ4v) is 1.90. The van der Waals surface area contributed by atoms with Crippen molar-refractivity contribution in [3.8, 4) is 0 Å². The third-order valence-corrected chi connectivity index (χ3v) is 2.48. The summed E-state index contributed by atoms with van der Waals surface area (Å²) in [6.07, 6.45) is 1.43. The fourth-order valence-electron chi connectivity index (χ4n) is 1.14. The van der Waals surface area contributed by atoms with Crippen molar-refractivity contribution >= 4 is 28.4 Å². The molecule has 13 heavy (non-hydrogen) atoms. The molecule has 0 amide bonds. The molecular weight excluding hydrogens is 279 g/mol. The summed E-state index contributed by atoms with van der Waals surface area (Å²) < 4.78 is 1.10. The Bertz CT molecular complexity index is 278. The van der Waals surface area contributed by atoms with E-state index in [0.29, 0.717) is 6.54 Å². The zero-order valence-corrected chi connectivity index (χ0v) is 9.89. The molecule has 0 aliphatic carbocycles. The standard InChI is InChI=1S/C9H13IN2O/c1-7(13)6-12(2)9-8(10)4-3-5-11-9/h3-5,7,13H,6H2,1-2H3/t7-/m1/s1. The molecule has 4 heteroatoms. The van der Waals surface area contributed by atoms with Gasteiger partial charge >= 0.3 is 0 Å². The lowest BCUT2D eigenvalue weighted by molar-refractivity contribution is 0.201. The van der Waals surface area contributed by atoms with Crippen LogP contribution in [0.3, 0.4) is 0 Å². The SMILES string of the molecule is C[C@@H](O)CN(C)c1ncccc1I. The number of likely N-dealkylation sites (N-methyl/N-ethyl adjacent to an activating group) is 1. The number of aliphatic hydroxyl groups excluding tert-OH is 1. The topological polar surface area (TPSA) is 36.4 Å². The summed E-state index contributed by atoms with van der Waals surface area (Å²) in [5.41, 5.74) is 0. The van der Waals surface area contributed by atoms with E-state index >= 15 is 0 Å². The van der Waals surface area contributed by atoms with Crippen LogP contribution >= 0.6 is 22.6 Å². The van der Waals surface area contributed by atoms with Gasteiger partial charge in [0.15, 0.2) is 0 Å². The Morgan fingerprint density at radius 1 is 1.69 bits per heavy atom. The molecule has 0 radical (unpaired) electrons. The molecule has 72 valence electrons. The van der Waals surface area contributed by atoms with Crippen LogP contribution < -0.4 is 4.90 Å². The van der Waals surface area contributed by atoms with E-state index in [-0.39, 0.29) is 6.10 Å². The van der Waals surface area contributed by atoms with Gasteiger partial charge in [0, 0.05) is 19.8 Å². The normalized spacial score (nSPS) is 12.6. The van der Waals surface area contributed by atoms with Crippen LogP contribution in [0.2, 0.25) is 0 Å². The molecule has 0 saturated heterocycles. The van der Waals surface area contributed by atoms with Crippen molar-refractivity contribution in [2.75, 3.05) is 18.5 Å². The first-order chi connectivity index (χ1) is 6.11. The van der Waals surface area contributed by atoms with E-state index in [0.717, 1.165) is 9.39 Å². The summed E-state index contributed by atoms with van der Waals surface area (Å²) >= 11 is 2.24. The predicted molar refractivity (Wildman–Crippen MR) is 61.9 cm³/mol. The lowest BCUT2D eigenvalue weighted by atomic mass is 10.3. The molecule has 1 atom stereocenters. The zero-order valence-electron chi connectivity index (χ0n) is 7.74. The largest absolute Gasteiger partial charge is 0.392 e. The average Bonchev–Trinajstić information content (AvgIpc) is 2.03. The van der Waals surface area contributed by atoms with E-state index in [4.69, 9.17) is 0 Å². The van der Waals surface area contributed by atoms with Crippen LogP contribution in [0, 0.1) is 3.57 Å². The van der Waals surface area contributed by atoms with Crippen LogP contribution in [0.4, 0.5) is 5.82 Å². The third kappa shape index (κ3) is 3.11. The van der Waals surface area contributed by atoms with Gasteiger partial charge in [-0.3, -0.25) is 0 Å². The molecule has 0 aromatic carbocycles. The molecule has 1 aromatic heterocycles. The Balaban J connectivity index is 2.76. The summed E-state index contributed by atoms with van der Waals surface area (Å²) in [6, 6.07) is 3.91. The Labute approximate surface area is 91.9 Å². The minimum absolute atomic E-state index is 0.331. The van der Waals surface area contributed by atoms with E-state index in [1.807, 2.05) is 24.1 Å². The number of hydrogen-bond acceptors (Lipinski definition) is 3. The molecule has 0 saturated carbocycles. The number of anilines is 1. The van der Waals surface area contributed by atoms with Gasteiger partial charge in [-0.2, -0.15) is 0 Å². The van der Waals surface area contributed by atoms with E-state index in [2.05, 4.69) is 27.6 Å². The highest BCUT2D eigenvalue weighted by Gasteiger charge is 2.07. The molecule has 1 heterocycles. The number of aliphatic hydroxyl groups is 1. The molecule has 1 aromatic rings. The first-order valence-electron chi connectivity index (χ1n) is 4.11. The van der Waals surface area contributed by atoms with Crippen LogP contribution in [0.15, 0.2) is 18.3 Å². The second-order valence-electron chi connectivity index (χ2n) is 3.04. The van der Waals surface area contributed by atoms with Gasteiger partial charge < -0.3 is 10.0 Å². The Hall–Kier alpha value is -0.360. The first-order valence-corrected chi connectivity index (χ1v) is 5.19. The lowest BCUT2D eigenvalue weighted by Crippen LogP contribution is -2.28. The summed E-state index contributed by atoms with van der Waals surface area (Å²) in [5, 5.41) is 9.20. The number of rotatable bonds is 3. The van der Waals surface area contributed by atoms with Gasteiger partial charge in [-0.05, 0) is 41.6 Å². The molecule has 3 nitrogen and oxygen atoms in total. The van der Waals surface area contributed by atoms with Gasteiger partial charge in [-0.25, -0.2) is 4.98 Å². The second-order valence-corrected chi connectivity index (χ2v) is 4.20. The van der Waals surface area contributed by atoms with Crippen molar-refractivity contribution in [2.45, 2.75) is 13.0 Å². The lowest BCUT2D eigenvalue weighted by Gasteiger charge is -2.20. The number of halogens is 1. The van der Waals surface area contributed by atoms with Crippen molar-refractivity contribution in [1.82, 2.24) is 4.98 Å². The van der Waals surface area contributed by atoms with Crippen LogP contribution in [-0.2, 0) is 0 Å². The predicted octanol–water partition coefficient (Wildman–Crippen LogP) is 1.50. The molecule has 0 aliphatic rings. The molecule has 0 fully saturated rings. The monoisotopic (exact) mass is 292 g/mol. The molecule has 0 spiro atoms. The highest BCUT2D eigenvalue weighted by Crippen LogP contribution is 2.17. The van der Waals surface area contributed by atoms with Crippen LogP contribution in [-0.4, -0.2) is 29.8 Å². The van der Waals surface area contributed by atoms with E-state index in [9.17, 15) is 5.11 Å². The van der Waals surface area contributed by atoms with Crippen LogP contribution in [0.25, 0.3) is 0 Å². The Morgan fingerprint density at radius 3 is 2.92 bits per heavy atom. The first kappa shape index (κ1) is 10.7. The van der Waals surface area contributed by atoms with Gasteiger partial charge in [0.1, 0.15) is 5.82 Å². The van der Waals surface area contributed by atoms with Gasteiger partial charge in [0.2, 0.25) is 0 Å². The Kier molecular flexibility index (Phi) is 3.92. The fraction of sp³-hybridized carbons (Fsp3) is 0.444. The van der Waals surface area contributed by atoms with Crippen molar-refractivity contribution in [2.24, 2.45) is 0 Å². The summed E-state index contributed by atoms with van der Waals surface area (Å²) in [7, 11) is 1.93. The maximum absolute atomic E-state index is 9.20. The van der Waals surface area contributed by atoms with Gasteiger partial charge in [-0.15, -0.1) is 0 Å². The van der Waals surface area contributed by atoms with E-state index in [1.165, 1.54) is 0 Å². The minimum Gasteiger partial charge on any atom is -0.392 e. The zero-order chi connectivity index (χ0) is 9.84.